The van der Waals surface area contributed by atoms with E-state index in [4.69, 9.17) is 23.2 Å². The molecule has 7 nitrogen and oxygen atoms in total. The first-order valence-electron chi connectivity index (χ1n) is 7.57. The third-order valence-corrected chi connectivity index (χ3v) is 4.03. The summed E-state index contributed by atoms with van der Waals surface area (Å²) in [6.07, 6.45) is 1.47. The lowest BCUT2D eigenvalue weighted by Crippen LogP contribution is -2.06. The summed E-state index contributed by atoms with van der Waals surface area (Å²) in [5, 5.41) is 17.5. The van der Waals surface area contributed by atoms with Crippen molar-refractivity contribution in [2.24, 2.45) is 0 Å². The molecule has 0 saturated carbocycles. The summed E-state index contributed by atoms with van der Waals surface area (Å²) >= 11 is 12.2. The number of carbonyl (C=O) groups excluding carboxylic acids is 1. The van der Waals surface area contributed by atoms with E-state index in [1.165, 1.54) is 13.1 Å². The highest BCUT2D eigenvalue weighted by Crippen LogP contribution is 2.31. The fourth-order valence-electron chi connectivity index (χ4n) is 2.16. The Hall–Kier alpha value is -2.90. The number of benzene rings is 2. The molecule has 3 N–H and O–H groups in total. The molecule has 2 aromatic carbocycles. The van der Waals surface area contributed by atoms with Gasteiger partial charge in [-0.25, -0.2) is 0 Å². The van der Waals surface area contributed by atoms with E-state index in [0.717, 1.165) is 0 Å². The standard InChI is InChI=1S/C17H14Cl2N6O/c1-10(26)21-11-4-2-5-12(8-11)22-17-24-15(9-20-25-17)23-14-7-3-6-13(18)16(14)19/h2-9H,1H3,(H,21,26)(H2,22,23,24,25). The number of aromatic nitrogens is 3. The van der Waals surface area contributed by atoms with Crippen molar-refractivity contribution in [2.75, 3.05) is 16.0 Å². The van der Waals surface area contributed by atoms with Crippen LogP contribution in [0.25, 0.3) is 0 Å². The number of rotatable bonds is 5. The first-order valence-corrected chi connectivity index (χ1v) is 8.32. The van der Waals surface area contributed by atoms with Crippen LogP contribution in [0.4, 0.5) is 28.8 Å². The Balaban J connectivity index is 1.77. The van der Waals surface area contributed by atoms with Crippen molar-refractivity contribution < 1.29 is 4.79 Å². The predicted octanol–water partition coefficient (Wildman–Crippen LogP) is 4.62. The van der Waals surface area contributed by atoms with E-state index in [2.05, 4.69) is 31.1 Å². The van der Waals surface area contributed by atoms with Crippen LogP contribution in [0.5, 0.6) is 0 Å². The number of nitrogens with one attached hydrogen (secondary N) is 3. The zero-order valence-corrected chi connectivity index (χ0v) is 15.1. The minimum Gasteiger partial charge on any atom is -0.338 e. The van der Waals surface area contributed by atoms with Gasteiger partial charge in [0, 0.05) is 18.3 Å². The highest BCUT2D eigenvalue weighted by Gasteiger charge is 2.07. The molecule has 26 heavy (non-hydrogen) atoms. The molecular formula is C17H14Cl2N6O. The second-order valence-electron chi connectivity index (χ2n) is 5.28. The van der Waals surface area contributed by atoms with Gasteiger partial charge in [-0.15, -0.1) is 5.10 Å². The van der Waals surface area contributed by atoms with Gasteiger partial charge in [-0.2, -0.15) is 10.1 Å². The number of amides is 1. The van der Waals surface area contributed by atoms with Crippen LogP contribution in [-0.4, -0.2) is 21.1 Å². The maximum atomic E-state index is 11.2. The molecule has 0 fully saturated rings. The smallest absolute Gasteiger partial charge is 0.249 e. The summed E-state index contributed by atoms with van der Waals surface area (Å²) in [5.74, 6) is 0.586. The van der Waals surface area contributed by atoms with Crippen molar-refractivity contribution in [3.05, 3.63) is 58.7 Å². The van der Waals surface area contributed by atoms with E-state index in [1.54, 1.807) is 36.4 Å². The topological polar surface area (TPSA) is 91.8 Å². The Bertz CT molecular complexity index is 950. The van der Waals surface area contributed by atoms with Gasteiger partial charge < -0.3 is 16.0 Å². The van der Waals surface area contributed by atoms with E-state index in [0.29, 0.717) is 32.9 Å². The van der Waals surface area contributed by atoms with Gasteiger partial charge in [-0.1, -0.05) is 35.3 Å². The predicted molar refractivity (Wildman–Crippen MR) is 104 cm³/mol. The second-order valence-corrected chi connectivity index (χ2v) is 6.06. The Morgan fingerprint density at radius 3 is 2.62 bits per heavy atom. The Morgan fingerprint density at radius 1 is 1.04 bits per heavy atom. The van der Waals surface area contributed by atoms with Crippen molar-refractivity contribution in [1.82, 2.24) is 15.2 Å². The monoisotopic (exact) mass is 388 g/mol. The molecule has 0 unspecified atom stereocenters. The highest BCUT2D eigenvalue weighted by molar-refractivity contribution is 6.43. The number of nitrogens with zero attached hydrogens (tertiary/aromatic N) is 3. The third kappa shape index (κ3) is 4.59. The van der Waals surface area contributed by atoms with Crippen LogP contribution in [-0.2, 0) is 4.79 Å². The number of hydrogen-bond acceptors (Lipinski definition) is 6. The first kappa shape index (κ1) is 17.9. The molecule has 0 saturated heterocycles. The van der Waals surface area contributed by atoms with Crippen LogP contribution in [0, 0.1) is 0 Å². The van der Waals surface area contributed by atoms with Crippen LogP contribution in [0.2, 0.25) is 10.0 Å². The van der Waals surface area contributed by atoms with Crippen LogP contribution < -0.4 is 16.0 Å². The zero-order chi connectivity index (χ0) is 18.5. The van der Waals surface area contributed by atoms with Crippen molar-refractivity contribution in [3.63, 3.8) is 0 Å². The van der Waals surface area contributed by atoms with Gasteiger partial charge in [0.1, 0.15) is 0 Å². The van der Waals surface area contributed by atoms with Crippen LogP contribution in [0.1, 0.15) is 6.92 Å². The molecule has 1 aromatic heterocycles. The SMILES string of the molecule is CC(=O)Nc1cccc(Nc2nncc(Nc3cccc(Cl)c3Cl)n2)c1. The van der Waals surface area contributed by atoms with E-state index < -0.39 is 0 Å². The molecule has 3 aromatic rings. The van der Waals surface area contributed by atoms with Gasteiger partial charge in [0.25, 0.3) is 0 Å². The average Bonchev–Trinajstić information content (AvgIpc) is 2.59. The zero-order valence-electron chi connectivity index (χ0n) is 13.6. The van der Waals surface area contributed by atoms with Crippen LogP contribution in [0.15, 0.2) is 48.7 Å². The maximum Gasteiger partial charge on any atom is 0.249 e. The number of anilines is 5. The van der Waals surface area contributed by atoms with Gasteiger partial charge in [-0.3, -0.25) is 4.79 Å². The molecular weight excluding hydrogens is 375 g/mol. The third-order valence-electron chi connectivity index (χ3n) is 3.21. The first-order chi connectivity index (χ1) is 12.5. The highest BCUT2D eigenvalue weighted by atomic mass is 35.5. The van der Waals surface area contributed by atoms with Gasteiger partial charge in [-0.05, 0) is 30.3 Å². The van der Waals surface area contributed by atoms with Crippen molar-refractivity contribution in [3.8, 4) is 0 Å². The average molecular weight is 389 g/mol. The van der Waals surface area contributed by atoms with Crippen LogP contribution >= 0.6 is 23.2 Å². The summed E-state index contributed by atoms with van der Waals surface area (Å²) in [4.78, 5) is 15.5. The molecule has 1 amide bonds. The molecule has 0 aliphatic carbocycles. The summed E-state index contributed by atoms with van der Waals surface area (Å²) < 4.78 is 0. The molecule has 132 valence electrons. The molecule has 0 spiro atoms. The maximum absolute atomic E-state index is 11.2. The van der Waals surface area contributed by atoms with Crippen molar-refractivity contribution in [2.45, 2.75) is 6.92 Å². The molecule has 0 atom stereocenters. The fourth-order valence-corrected chi connectivity index (χ4v) is 2.51. The van der Waals surface area contributed by atoms with E-state index in [9.17, 15) is 4.79 Å². The van der Waals surface area contributed by atoms with Gasteiger partial charge in [0.2, 0.25) is 11.9 Å². The molecule has 9 heteroatoms. The second kappa shape index (κ2) is 7.99. The summed E-state index contributed by atoms with van der Waals surface area (Å²) in [5.41, 5.74) is 1.98. The minimum absolute atomic E-state index is 0.148. The molecule has 1 heterocycles. The lowest BCUT2D eigenvalue weighted by atomic mass is 10.3. The van der Waals surface area contributed by atoms with Crippen molar-refractivity contribution in [1.29, 1.82) is 0 Å². The summed E-state index contributed by atoms with van der Waals surface area (Å²) in [6, 6.07) is 12.4. The number of halogens is 2. The largest absolute Gasteiger partial charge is 0.338 e. The van der Waals surface area contributed by atoms with Gasteiger partial charge in [0.15, 0.2) is 5.82 Å². The summed E-state index contributed by atoms with van der Waals surface area (Å²) in [6.45, 7) is 1.45. The van der Waals surface area contributed by atoms with Gasteiger partial charge >= 0.3 is 0 Å². The van der Waals surface area contributed by atoms with Crippen molar-refractivity contribution >= 4 is 57.9 Å². The lowest BCUT2D eigenvalue weighted by Gasteiger charge is -2.10. The molecule has 0 aliphatic rings. The fraction of sp³-hybridized carbons (Fsp3) is 0.0588. The van der Waals surface area contributed by atoms with Gasteiger partial charge in [0.05, 0.1) is 21.9 Å². The van der Waals surface area contributed by atoms with E-state index in [1.807, 2.05) is 6.07 Å². The van der Waals surface area contributed by atoms with E-state index in [-0.39, 0.29) is 11.9 Å². The molecule has 3 rings (SSSR count). The van der Waals surface area contributed by atoms with Crippen LogP contribution in [0.3, 0.4) is 0 Å². The summed E-state index contributed by atoms with van der Waals surface area (Å²) in [7, 11) is 0. The van der Waals surface area contributed by atoms with E-state index >= 15 is 0 Å². The Kier molecular flexibility index (Phi) is 5.50. The molecule has 0 aliphatic heterocycles. The Morgan fingerprint density at radius 2 is 1.81 bits per heavy atom. The number of hydrogen-bond donors (Lipinski definition) is 3. The Labute approximate surface area is 159 Å². The molecule has 0 radical (unpaired) electrons. The lowest BCUT2D eigenvalue weighted by molar-refractivity contribution is -0.114. The quantitative estimate of drug-likeness (QED) is 0.590. The number of carbonyl (C=O) groups is 1. The minimum atomic E-state index is -0.148. The molecule has 0 bridgehead atoms. The normalized spacial score (nSPS) is 10.3.